The van der Waals surface area contributed by atoms with Gasteiger partial charge >= 0.3 is 0 Å². The zero-order valence-corrected chi connectivity index (χ0v) is 19.6. The molecular formula is C24H26N6O3S. The summed E-state index contributed by atoms with van der Waals surface area (Å²) in [6.07, 6.45) is 1.23. The lowest BCUT2D eigenvalue weighted by molar-refractivity contribution is 0.496. The van der Waals surface area contributed by atoms with Crippen molar-refractivity contribution in [1.82, 2.24) is 15.5 Å². The summed E-state index contributed by atoms with van der Waals surface area (Å²) in [5, 5.41) is 11.0. The Bertz CT molecular complexity index is 1320. The third-order valence-electron chi connectivity index (χ3n) is 5.67. The van der Waals surface area contributed by atoms with E-state index in [9.17, 15) is 8.42 Å². The molecule has 34 heavy (non-hydrogen) atoms. The maximum atomic E-state index is 12.9. The van der Waals surface area contributed by atoms with Crippen LogP contribution in [0, 0.1) is 0 Å². The van der Waals surface area contributed by atoms with Crippen LogP contribution in [-0.2, 0) is 9.84 Å². The van der Waals surface area contributed by atoms with Crippen LogP contribution in [0.4, 0.5) is 0 Å². The van der Waals surface area contributed by atoms with Crippen molar-refractivity contribution >= 4 is 28.0 Å². The van der Waals surface area contributed by atoms with Gasteiger partial charge in [0.2, 0.25) is 5.89 Å². The van der Waals surface area contributed by atoms with Crippen molar-refractivity contribution < 1.29 is 12.8 Å². The van der Waals surface area contributed by atoms with Crippen molar-refractivity contribution in [3.8, 4) is 11.5 Å². The van der Waals surface area contributed by atoms with Gasteiger partial charge in [-0.05, 0) is 69.4 Å². The van der Waals surface area contributed by atoms with Gasteiger partial charge in [-0.3, -0.25) is 0 Å². The van der Waals surface area contributed by atoms with E-state index >= 15 is 0 Å². The maximum Gasteiger partial charge on any atom is 0.270 e. The molecule has 1 aliphatic heterocycles. The van der Waals surface area contributed by atoms with E-state index in [4.69, 9.17) is 10.2 Å². The minimum Gasteiger partial charge on any atom is -0.414 e. The smallest absolute Gasteiger partial charge is 0.270 e. The first-order valence-electron chi connectivity index (χ1n) is 10.9. The zero-order chi connectivity index (χ0) is 24.1. The van der Waals surface area contributed by atoms with E-state index in [1.165, 1.54) is 0 Å². The predicted octanol–water partition coefficient (Wildman–Crippen LogP) is 3.06. The molecule has 0 bridgehead atoms. The lowest BCUT2D eigenvalue weighted by atomic mass is 10.1. The van der Waals surface area contributed by atoms with E-state index in [-0.39, 0.29) is 22.7 Å². The number of hydrogen-bond donors (Lipinski definition) is 2. The average Bonchev–Trinajstić information content (AvgIpc) is 3.38. The molecule has 10 heteroatoms. The minimum atomic E-state index is -3.38. The molecule has 0 aliphatic carbocycles. The van der Waals surface area contributed by atoms with E-state index in [2.05, 4.69) is 32.2 Å². The fourth-order valence-corrected chi connectivity index (χ4v) is 5.48. The Balaban J connectivity index is 1.61. The molecule has 1 aliphatic rings. The number of sulfone groups is 1. The number of benzene rings is 2. The zero-order valence-electron chi connectivity index (χ0n) is 18.8. The summed E-state index contributed by atoms with van der Waals surface area (Å²) in [7, 11) is -3.38. The Morgan fingerprint density at radius 2 is 1.76 bits per heavy atom. The van der Waals surface area contributed by atoms with Crippen LogP contribution in [0.3, 0.4) is 0 Å². The lowest BCUT2D eigenvalue weighted by Gasteiger charge is -2.22. The van der Waals surface area contributed by atoms with E-state index in [1.807, 2.05) is 30.3 Å². The highest BCUT2D eigenvalue weighted by Gasteiger charge is 2.28. The molecule has 2 aromatic carbocycles. The van der Waals surface area contributed by atoms with Crippen molar-refractivity contribution in [3.05, 3.63) is 71.9 Å². The second-order valence-corrected chi connectivity index (χ2v) is 10.1. The van der Waals surface area contributed by atoms with E-state index < -0.39 is 9.84 Å². The van der Waals surface area contributed by atoms with Gasteiger partial charge in [0, 0.05) is 11.3 Å². The van der Waals surface area contributed by atoms with Crippen LogP contribution in [0.2, 0.25) is 0 Å². The molecule has 0 unspecified atom stereocenters. The quantitative estimate of drug-likeness (QED) is 0.498. The van der Waals surface area contributed by atoms with Crippen LogP contribution < -0.4 is 11.1 Å². The second kappa shape index (κ2) is 10.1. The fraction of sp³-hybridized carbons (Fsp3) is 0.250. The number of hydrogen-bond acceptors (Lipinski definition) is 9. The van der Waals surface area contributed by atoms with Crippen molar-refractivity contribution in [2.24, 2.45) is 15.7 Å². The third kappa shape index (κ3) is 4.97. The molecule has 1 fully saturated rings. The first kappa shape index (κ1) is 23.5. The van der Waals surface area contributed by atoms with Crippen molar-refractivity contribution in [1.29, 1.82) is 0 Å². The largest absolute Gasteiger partial charge is 0.414 e. The summed E-state index contributed by atoms with van der Waals surface area (Å²) >= 11 is 0. The SMILES string of the molecule is C=N/C(N)=C(\N=C(/C)c1ccc(S(=O)(=O)C2CCNCC2)cc1)c1nnc(-c2ccccc2)o1. The van der Waals surface area contributed by atoms with Crippen molar-refractivity contribution in [3.63, 3.8) is 0 Å². The molecule has 0 spiro atoms. The van der Waals surface area contributed by atoms with Gasteiger partial charge in [-0.15, -0.1) is 10.2 Å². The van der Waals surface area contributed by atoms with Gasteiger partial charge in [-0.2, -0.15) is 0 Å². The van der Waals surface area contributed by atoms with Crippen molar-refractivity contribution in [2.75, 3.05) is 13.1 Å². The Morgan fingerprint density at radius 1 is 1.09 bits per heavy atom. The summed E-state index contributed by atoms with van der Waals surface area (Å²) in [6.45, 7) is 6.67. The van der Waals surface area contributed by atoms with Crippen LogP contribution in [0.25, 0.3) is 17.2 Å². The number of nitrogens with two attached hydrogens (primary N) is 1. The molecule has 3 aromatic rings. The normalized spacial score (nSPS) is 16.2. The van der Waals surface area contributed by atoms with Crippen LogP contribution in [0.15, 0.2) is 79.7 Å². The molecule has 0 atom stereocenters. The van der Waals surface area contributed by atoms with Gasteiger partial charge in [-0.1, -0.05) is 30.3 Å². The molecule has 9 nitrogen and oxygen atoms in total. The molecule has 0 saturated carbocycles. The highest BCUT2D eigenvalue weighted by atomic mass is 32.2. The van der Waals surface area contributed by atoms with Gasteiger partial charge in [0.1, 0.15) is 0 Å². The summed E-state index contributed by atoms with van der Waals surface area (Å²) in [5.41, 5.74) is 8.27. The number of aromatic nitrogens is 2. The monoisotopic (exact) mass is 478 g/mol. The van der Waals surface area contributed by atoms with Gasteiger partial charge in [0.05, 0.1) is 10.1 Å². The number of rotatable bonds is 7. The van der Waals surface area contributed by atoms with Crippen LogP contribution >= 0.6 is 0 Å². The number of nitrogens with zero attached hydrogens (tertiary/aromatic N) is 4. The Morgan fingerprint density at radius 3 is 2.41 bits per heavy atom. The average molecular weight is 479 g/mol. The molecule has 0 radical (unpaired) electrons. The maximum absolute atomic E-state index is 12.9. The predicted molar refractivity (Wildman–Crippen MR) is 132 cm³/mol. The van der Waals surface area contributed by atoms with Crippen LogP contribution in [-0.4, -0.2) is 49.4 Å². The summed E-state index contributed by atoms with van der Waals surface area (Å²) in [4.78, 5) is 8.65. The standard InChI is InChI=1S/C24H26N6O3S/c1-16(17-8-10-19(11-9-17)34(31,32)20-12-14-27-15-13-20)28-21(22(25)26-2)24-30-29-23(33-24)18-6-4-3-5-7-18/h3-11,20,27H,2,12-15,25H2,1H3/b22-21-,28-16+. The first-order chi connectivity index (χ1) is 16.4. The fourth-order valence-electron chi connectivity index (χ4n) is 3.72. The number of nitrogens with one attached hydrogen (secondary N) is 1. The summed E-state index contributed by atoms with van der Waals surface area (Å²) in [5.74, 6) is 0.464. The topological polar surface area (TPSA) is 136 Å². The van der Waals surface area contributed by atoms with Crippen LogP contribution in [0.1, 0.15) is 31.2 Å². The van der Waals surface area contributed by atoms with E-state index in [1.54, 1.807) is 31.2 Å². The van der Waals surface area contributed by atoms with E-state index in [0.717, 1.165) is 11.1 Å². The highest BCUT2D eigenvalue weighted by Crippen LogP contribution is 2.25. The molecule has 176 valence electrons. The molecule has 2 heterocycles. The number of piperidine rings is 1. The summed E-state index contributed by atoms with van der Waals surface area (Å²) in [6, 6.07) is 16.0. The Kier molecular flexibility index (Phi) is 6.99. The van der Waals surface area contributed by atoms with Gasteiger partial charge < -0.3 is 15.5 Å². The van der Waals surface area contributed by atoms with Crippen LogP contribution in [0.5, 0.6) is 0 Å². The number of aliphatic imine (C=N–C) groups is 2. The first-order valence-corrected chi connectivity index (χ1v) is 12.4. The highest BCUT2D eigenvalue weighted by molar-refractivity contribution is 7.92. The summed E-state index contributed by atoms with van der Waals surface area (Å²) < 4.78 is 31.7. The molecule has 1 aromatic heterocycles. The van der Waals surface area contributed by atoms with Gasteiger partial charge in [0.25, 0.3) is 5.89 Å². The molecule has 0 amide bonds. The lowest BCUT2D eigenvalue weighted by Crippen LogP contribution is -2.35. The molecular weight excluding hydrogens is 452 g/mol. The third-order valence-corrected chi connectivity index (χ3v) is 7.94. The van der Waals surface area contributed by atoms with Crippen molar-refractivity contribution in [2.45, 2.75) is 29.9 Å². The van der Waals surface area contributed by atoms with Gasteiger partial charge in [-0.25, -0.2) is 18.4 Å². The Labute approximate surface area is 198 Å². The minimum absolute atomic E-state index is 0.0349. The van der Waals surface area contributed by atoms with E-state index in [0.29, 0.717) is 42.4 Å². The molecule has 4 rings (SSSR count). The molecule has 1 saturated heterocycles. The van der Waals surface area contributed by atoms with Gasteiger partial charge in [0.15, 0.2) is 21.4 Å². The second-order valence-electron chi connectivity index (χ2n) is 7.89. The molecule has 3 N–H and O–H groups in total. The Hall–Kier alpha value is -3.63.